The van der Waals surface area contributed by atoms with Gasteiger partial charge in [0.05, 0.1) is 6.34 Å². The van der Waals surface area contributed by atoms with E-state index in [9.17, 15) is 4.79 Å². The molecule has 1 saturated carbocycles. The third kappa shape index (κ3) is 2.19. The Morgan fingerprint density at radius 2 is 1.83 bits per heavy atom. The normalized spacial score (nSPS) is 23.1. The molecule has 1 fully saturated rings. The van der Waals surface area contributed by atoms with Crippen molar-refractivity contribution in [1.29, 1.82) is 0 Å². The molecule has 122 valence electrons. The lowest BCUT2D eigenvalue weighted by atomic mass is 9.81. The minimum atomic E-state index is -0.951. The van der Waals surface area contributed by atoms with Gasteiger partial charge in [0, 0.05) is 7.05 Å². The number of likely N-dealkylation sites (N-methyl/N-ethyl adjacent to an activating group) is 1. The van der Waals surface area contributed by atoms with E-state index in [2.05, 4.69) is 31.2 Å². The lowest BCUT2D eigenvalue weighted by Gasteiger charge is -2.27. The van der Waals surface area contributed by atoms with Crippen LogP contribution in [-0.2, 0) is 10.3 Å². The molecule has 0 N–H and O–H groups in total. The highest BCUT2D eigenvalue weighted by molar-refractivity contribution is 6.03. The molecule has 4 rings (SSSR count). The molecule has 1 unspecified atom stereocenters. The lowest BCUT2D eigenvalue weighted by molar-refractivity contribution is -0.129. The zero-order valence-corrected chi connectivity index (χ0v) is 14.4. The molecular formula is C21H22N2O. The highest BCUT2D eigenvalue weighted by Gasteiger charge is 2.47. The van der Waals surface area contributed by atoms with Gasteiger partial charge < -0.3 is 4.90 Å². The van der Waals surface area contributed by atoms with Gasteiger partial charge in [-0.1, -0.05) is 48.0 Å². The molecule has 0 radical (unpaired) electrons. The van der Waals surface area contributed by atoms with Gasteiger partial charge in [-0.15, -0.1) is 0 Å². The van der Waals surface area contributed by atoms with Crippen LogP contribution in [0.3, 0.4) is 0 Å². The largest absolute Gasteiger partial charge is 0.304 e. The average Bonchev–Trinajstić information content (AvgIpc) is 3.35. The maximum Gasteiger partial charge on any atom is 0.264 e. The minimum absolute atomic E-state index is 0.00618. The first kappa shape index (κ1) is 15.1. The van der Waals surface area contributed by atoms with Crippen LogP contribution in [0.1, 0.15) is 46.6 Å². The summed E-state index contributed by atoms with van der Waals surface area (Å²) in [5.41, 5.74) is 4.76. The predicted molar refractivity (Wildman–Crippen MR) is 96.4 cm³/mol. The minimum Gasteiger partial charge on any atom is -0.304 e. The highest BCUT2D eigenvalue weighted by atomic mass is 16.2. The van der Waals surface area contributed by atoms with Crippen molar-refractivity contribution in [2.45, 2.75) is 38.1 Å². The molecule has 3 nitrogen and oxygen atoms in total. The highest BCUT2D eigenvalue weighted by Crippen LogP contribution is 2.44. The first-order valence-electron chi connectivity index (χ1n) is 8.53. The van der Waals surface area contributed by atoms with E-state index < -0.39 is 5.54 Å². The Kier molecular flexibility index (Phi) is 3.34. The average molecular weight is 318 g/mol. The first-order valence-corrected chi connectivity index (χ1v) is 8.53. The molecular weight excluding hydrogens is 296 g/mol. The van der Waals surface area contributed by atoms with Crippen molar-refractivity contribution in [1.82, 2.24) is 4.90 Å². The van der Waals surface area contributed by atoms with Crippen molar-refractivity contribution in [3.05, 3.63) is 70.3 Å². The first-order chi connectivity index (χ1) is 11.5. The van der Waals surface area contributed by atoms with Crippen molar-refractivity contribution in [3.8, 4) is 0 Å². The molecule has 2 aromatic rings. The number of hydrogen-bond donors (Lipinski definition) is 0. The van der Waals surface area contributed by atoms with Gasteiger partial charge in [-0.05, 0) is 54.9 Å². The fourth-order valence-corrected chi connectivity index (χ4v) is 3.72. The zero-order chi connectivity index (χ0) is 16.9. The maximum absolute atomic E-state index is 13.1. The van der Waals surface area contributed by atoms with Gasteiger partial charge in [0.25, 0.3) is 5.91 Å². The Hall–Kier alpha value is -2.42. The molecule has 1 atom stereocenters. The molecule has 0 saturated heterocycles. The van der Waals surface area contributed by atoms with Gasteiger partial charge in [0.15, 0.2) is 5.54 Å². The lowest BCUT2D eigenvalue weighted by Crippen LogP contribution is -2.38. The van der Waals surface area contributed by atoms with Crippen LogP contribution < -0.4 is 0 Å². The summed E-state index contributed by atoms with van der Waals surface area (Å²) in [6.07, 6.45) is 4.21. The summed E-state index contributed by atoms with van der Waals surface area (Å²) in [6.45, 7) is 4.19. The number of nitrogens with zero attached hydrogens (tertiary/aromatic N) is 2. The van der Waals surface area contributed by atoms with Crippen molar-refractivity contribution >= 4 is 12.2 Å². The van der Waals surface area contributed by atoms with Crippen molar-refractivity contribution < 1.29 is 4.79 Å². The van der Waals surface area contributed by atoms with Crippen LogP contribution in [0.4, 0.5) is 0 Å². The van der Waals surface area contributed by atoms with Crippen LogP contribution in [0, 0.1) is 13.8 Å². The van der Waals surface area contributed by atoms with E-state index in [-0.39, 0.29) is 5.91 Å². The molecule has 3 heteroatoms. The van der Waals surface area contributed by atoms with E-state index in [1.807, 2.05) is 25.1 Å². The SMILES string of the molecule is Cc1cccc(C2(c3ccc(C4CC4)c(C)c3)N=CN(C)C2=O)c1. The summed E-state index contributed by atoms with van der Waals surface area (Å²) < 4.78 is 0. The molecule has 24 heavy (non-hydrogen) atoms. The monoisotopic (exact) mass is 318 g/mol. The van der Waals surface area contributed by atoms with E-state index in [4.69, 9.17) is 4.99 Å². The maximum atomic E-state index is 13.1. The third-order valence-electron chi connectivity index (χ3n) is 5.20. The van der Waals surface area contributed by atoms with Crippen molar-refractivity contribution in [3.63, 3.8) is 0 Å². The molecule has 1 aliphatic carbocycles. The van der Waals surface area contributed by atoms with Crippen molar-refractivity contribution in [2.75, 3.05) is 7.05 Å². The second kappa shape index (κ2) is 5.30. The molecule has 1 amide bonds. The van der Waals surface area contributed by atoms with E-state index in [0.717, 1.165) is 16.7 Å². The third-order valence-corrected chi connectivity index (χ3v) is 5.20. The van der Waals surface area contributed by atoms with E-state index >= 15 is 0 Å². The van der Waals surface area contributed by atoms with Crippen molar-refractivity contribution in [2.24, 2.45) is 4.99 Å². The quantitative estimate of drug-likeness (QED) is 0.844. The molecule has 0 bridgehead atoms. The predicted octanol–water partition coefficient (Wildman–Crippen LogP) is 3.92. The summed E-state index contributed by atoms with van der Waals surface area (Å²) in [5, 5.41) is 0. The number of carbonyl (C=O) groups excluding carboxylic acids is 1. The van der Waals surface area contributed by atoms with E-state index in [1.54, 1.807) is 18.3 Å². The number of aryl methyl sites for hydroxylation is 2. The Morgan fingerprint density at radius 1 is 1.08 bits per heavy atom. The van der Waals surface area contributed by atoms with Crippen LogP contribution in [0.25, 0.3) is 0 Å². The number of aliphatic imine (C=N–C) groups is 1. The standard InChI is InChI=1S/C21H22N2O/c1-14-5-4-6-17(11-14)21(20(24)23(3)13-22-21)18-9-10-19(15(2)12-18)16-7-8-16/h4-6,9-13,16H,7-8H2,1-3H3. The van der Waals surface area contributed by atoms with Crippen LogP contribution in [-0.4, -0.2) is 24.2 Å². The summed E-state index contributed by atoms with van der Waals surface area (Å²) in [7, 11) is 1.77. The Morgan fingerprint density at radius 3 is 2.42 bits per heavy atom. The van der Waals surface area contributed by atoms with E-state index in [0.29, 0.717) is 5.92 Å². The van der Waals surface area contributed by atoms with Gasteiger partial charge in [0.2, 0.25) is 0 Å². The van der Waals surface area contributed by atoms with Gasteiger partial charge in [0.1, 0.15) is 0 Å². The smallest absolute Gasteiger partial charge is 0.264 e. The molecule has 0 spiro atoms. The Balaban J connectivity index is 1.90. The Labute approximate surface area is 143 Å². The summed E-state index contributed by atoms with van der Waals surface area (Å²) in [4.78, 5) is 19.4. The summed E-state index contributed by atoms with van der Waals surface area (Å²) in [5.74, 6) is 0.714. The second-order valence-electron chi connectivity index (χ2n) is 7.09. The summed E-state index contributed by atoms with van der Waals surface area (Å²) in [6, 6.07) is 14.6. The molecule has 1 heterocycles. The number of carbonyl (C=O) groups is 1. The zero-order valence-electron chi connectivity index (χ0n) is 14.4. The second-order valence-corrected chi connectivity index (χ2v) is 7.09. The van der Waals surface area contributed by atoms with Crippen LogP contribution in [0.2, 0.25) is 0 Å². The summed E-state index contributed by atoms with van der Waals surface area (Å²) >= 11 is 0. The van der Waals surface area contributed by atoms with E-state index in [1.165, 1.54) is 24.0 Å². The number of benzene rings is 2. The number of rotatable bonds is 3. The topological polar surface area (TPSA) is 32.7 Å². The Bertz CT molecular complexity index is 851. The van der Waals surface area contributed by atoms with Crippen LogP contribution in [0.5, 0.6) is 0 Å². The number of hydrogen-bond acceptors (Lipinski definition) is 2. The van der Waals surface area contributed by atoms with Gasteiger partial charge in [-0.2, -0.15) is 0 Å². The van der Waals surface area contributed by atoms with Crippen LogP contribution >= 0.6 is 0 Å². The van der Waals surface area contributed by atoms with Gasteiger partial charge in [-0.25, -0.2) is 4.99 Å². The fourth-order valence-electron chi connectivity index (χ4n) is 3.72. The molecule has 2 aliphatic rings. The van der Waals surface area contributed by atoms with Crippen LogP contribution in [0.15, 0.2) is 47.5 Å². The van der Waals surface area contributed by atoms with Gasteiger partial charge >= 0.3 is 0 Å². The molecule has 2 aromatic carbocycles. The van der Waals surface area contributed by atoms with Gasteiger partial charge in [-0.3, -0.25) is 4.79 Å². The number of amides is 1. The molecule has 1 aliphatic heterocycles. The fraction of sp³-hybridized carbons (Fsp3) is 0.333. The molecule has 0 aromatic heterocycles.